The second-order valence-corrected chi connectivity index (χ2v) is 3.76. The number of nitrogens with zero attached hydrogens (tertiary/aromatic N) is 2. The van der Waals surface area contributed by atoms with Crippen molar-refractivity contribution in [2.24, 2.45) is 0 Å². The first kappa shape index (κ1) is 7.50. The van der Waals surface area contributed by atoms with Gasteiger partial charge >= 0.3 is 0 Å². The molecule has 4 heteroatoms. The highest BCUT2D eigenvalue weighted by atomic mass is 79.9. The van der Waals surface area contributed by atoms with Crippen LogP contribution in [0, 0.1) is 0 Å². The lowest BCUT2D eigenvalue weighted by Crippen LogP contribution is -1.90. The third kappa shape index (κ3) is 1.71. The van der Waals surface area contributed by atoms with Crippen LogP contribution in [0.2, 0.25) is 5.15 Å². The van der Waals surface area contributed by atoms with E-state index in [2.05, 4.69) is 25.9 Å². The van der Waals surface area contributed by atoms with E-state index in [1.165, 1.54) is 12.8 Å². The van der Waals surface area contributed by atoms with Crippen LogP contribution in [0.5, 0.6) is 0 Å². The molecule has 0 N–H and O–H groups in total. The molecule has 0 bridgehead atoms. The predicted octanol–water partition coefficient (Wildman–Crippen LogP) is 2.77. The van der Waals surface area contributed by atoms with Crippen molar-refractivity contribution in [2.75, 3.05) is 0 Å². The average molecular weight is 233 g/mol. The van der Waals surface area contributed by atoms with Crippen LogP contribution < -0.4 is 0 Å². The number of hydrogen-bond donors (Lipinski definition) is 0. The van der Waals surface area contributed by atoms with Gasteiger partial charge in [-0.05, 0) is 34.8 Å². The van der Waals surface area contributed by atoms with Crippen molar-refractivity contribution in [2.45, 2.75) is 18.8 Å². The normalized spacial score (nSPS) is 16.9. The molecule has 2 nitrogen and oxygen atoms in total. The summed E-state index contributed by atoms with van der Waals surface area (Å²) in [6.45, 7) is 0. The van der Waals surface area contributed by atoms with Crippen molar-refractivity contribution < 1.29 is 0 Å². The van der Waals surface area contributed by atoms with E-state index >= 15 is 0 Å². The molecule has 1 aromatic rings. The molecule has 58 valence electrons. The van der Waals surface area contributed by atoms with E-state index in [1.54, 1.807) is 0 Å². The van der Waals surface area contributed by atoms with Gasteiger partial charge < -0.3 is 0 Å². The van der Waals surface area contributed by atoms with Crippen LogP contribution in [0.1, 0.15) is 24.5 Å². The highest BCUT2D eigenvalue weighted by Gasteiger charge is 2.25. The lowest BCUT2D eigenvalue weighted by atomic mass is 10.3. The molecule has 0 saturated heterocycles. The van der Waals surface area contributed by atoms with Gasteiger partial charge in [0.05, 0.1) is 0 Å². The summed E-state index contributed by atoms with van der Waals surface area (Å²) in [5.74, 6) is 0.631. The van der Waals surface area contributed by atoms with Crippen molar-refractivity contribution in [1.29, 1.82) is 0 Å². The van der Waals surface area contributed by atoms with Crippen molar-refractivity contribution >= 4 is 27.5 Å². The van der Waals surface area contributed by atoms with Gasteiger partial charge in [-0.25, -0.2) is 9.97 Å². The molecule has 1 aliphatic rings. The highest BCUT2D eigenvalue weighted by Crippen LogP contribution is 2.39. The minimum Gasteiger partial charge on any atom is -0.227 e. The molecule has 1 aromatic heterocycles. The quantitative estimate of drug-likeness (QED) is 0.551. The van der Waals surface area contributed by atoms with Crippen LogP contribution in [0.4, 0.5) is 0 Å². The number of hydrogen-bond acceptors (Lipinski definition) is 2. The molecule has 1 fully saturated rings. The van der Waals surface area contributed by atoms with Crippen molar-refractivity contribution in [3.8, 4) is 0 Å². The molecule has 0 aliphatic heterocycles. The Labute approximate surface area is 78.1 Å². The van der Waals surface area contributed by atoms with E-state index in [4.69, 9.17) is 11.6 Å². The molecule has 0 atom stereocenters. The predicted molar refractivity (Wildman–Crippen MR) is 46.7 cm³/mol. The molecule has 0 unspecified atom stereocenters. The van der Waals surface area contributed by atoms with Crippen molar-refractivity contribution in [3.05, 3.63) is 21.6 Å². The molecule has 1 saturated carbocycles. The molecule has 0 radical (unpaired) electrons. The zero-order valence-electron chi connectivity index (χ0n) is 5.72. The second kappa shape index (κ2) is 2.72. The first-order chi connectivity index (χ1) is 5.25. The van der Waals surface area contributed by atoms with Crippen LogP contribution >= 0.6 is 27.5 Å². The van der Waals surface area contributed by atoms with Crippen LogP contribution in [0.3, 0.4) is 0 Å². The standard InChI is InChI=1S/C7H6BrClN2/c8-7-10-5(4-1-2-4)3-6(9)11-7/h3-4H,1-2H2. The summed E-state index contributed by atoms with van der Waals surface area (Å²) in [6.07, 6.45) is 2.47. The zero-order chi connectivity index (χ0) is 7.84. The van der Waals surface area contributed by atoms with Gasteiger partial charge in [-0.2, -0.15) is 0 Å². The summed E-state index contributed by atoms with van der Waals surface area (Å²) in [5, 5.41) is 0.522. The number of halogens is 2. The maximum Gasteiger partial charge on any atom is 0.198 e. The van der Waals surface area contributed by atoms with Gasteiger partial charge in [-0.1, -0.05) is 11.6 Å². The Morgan fingerprint density at radius 3 is 2.73 bits per heavy atom. The maximum atomic E-state index is 5.74. The SMILES string of the molecule is Clc1cc(C2CC2)nc(Br)n1. The summed E-state index contributed by atoms with van der Waals surface area (Å²) in [4.78, 5) is 8.13. The van der Waals surface area contributed by atoms with Gasteiger partial charge in [0, 0.05) is 11.6 Å². The Bertz CT molecular complexity index is 266. The van der Waals surface area contributed by atoms with E-state index in [0.29, 0.717) is 15.8 Å². The summed E-state index contributed by atoms with van der Waals surface area (Å²) in [5.41, 5.74) is 1.07. The van der Waals surface area contributed by atoms with Crippen LogP contribution in [-0.4, -0.2) is 9.97 Å². The second-order valence-electron chi connectivity index (χ2n) is 2.66. The Kier molecular flexibility index (Phi) is 1.85. The van der Waals surface area contributed by atoms with Gasteiger partial charge in [0.2, 0.25) is 0 Å². The molecule has 0 spiro atoms. The molecular formula is C7H6BrClN2. The van der Waals surface area contributed by atoms with E-state index in [0.717, 1.165) is 5.69 Å². The molecule has 0 amide bonds. The zero-order valence-corrected chi connectivity index (χ0v) is 8.06. The van der Waals surface area contributed by atoms with Crippen molar-refractivity contribution in [1.82, 2.24) is 9.97 Å². The van der Waals surface area contributed by atoms with Crippen LogP contribution in [-0.2, 0) is 0 Å². The fourth-order valence-electron chi connectivity index (χ4n) is 0.994. The summed E-state index contributed by atoms with van der Waals surface area (Å²) < 4.78 is 0.590. The van der Waals surface area contributed by atoms with Crippen LogP contribution in [0.25, 0.3) is 0 Å². The summed E-state index contributed by atoms with van der Waals surface area (Å²) in [7, 11) is 0. The highest BCUT2D eigenvalue weighted by molar-refractivity contribution is 9.10. The fraction of sp³-hybridized carbons (Fsp3) is 0.429. The Hall–Kier alpha value is -0.150. The molecule has 0 aromatic carbocycles. The van der Waals surface area contributed by atoms with Gasteiger partial charge in [0.25, 0.3) is 0 Å². The molecule has 1 aliphatic carbocycles. The monoisotopic (exact) mass is 232 g/mol. The van der Waals surface area contributed by atoms with Gasteiger partial charge in [-0.3, -0.25) is 0 Å². The van der Waals surface area contributed by atoms with Gasteiger partial charge in [-0.15, -0.1) is 0 Å². The third-order valence-electron chi connectivity index (χ3n) is 1.68. The minimum atomic E-state index is 0.522. The van der Waals surface area contributed by atoms with E-state index in [9.17, 15) is 0 Å². The Balaban J connectivity index is 2.39. The maximum absolute atomic E-state index is 5.74. The number of aromatic nitrogens is 2. The molecule has 2 rings (SSSR count). The Morgan fingerprint density at radius 1 is 1.45 bits per heavy atom. The van der Waals surface area contributed by atoms with E-state index < -0.39 is 0 Å². The van der Waals surface area contributed by atoms with E-state index in [-0.39, 0.29) is 0 Å². The van der Waals surface area contributed by atoms with Gasteiger partial charge in [0.15, 0.2) is 4.73 Å². The molecule has 1 heterocycles. The largest absolute Gasteiger partial charge is 0.227 e. The lowest BCUT2D eigenvalue weighted by molar-refractivity contribution is 0.963. The third-order valence-corrected chi connectivity index (χ3v) is 2.23. The topological polar surface area (TPSA) is 25.8 Å². The van der Waals surface area contributed by atoms with Gasteiger partial charge in [0.1, 0.15) is 5.15 Å². The summed E-state index contributed by atoms with van der Waals surface area (Å²) in [6, 6.07) is 1.84. The lowest BCUT2D eigenvalue weighted by Gasteiger charge is -1.97. The minimum absolute atomic E-state index is 0.522. The fourth-order valence-corrected chi connectivity index (χ4v) is 1.68. The first-order valence-electron chi connectivity index (χ1n) is 3.45. The smallest absolute Gasteiger partial charge is 0.198 e. The molecule has 11 heavy (non-hydrogen) atoms. The van der Waals surface area contributed by atoms with Crippen molar-refractivity contribution in [3.63, 3.8) is 0 Å². The van der Waals surface area contributed by atoms with E-state index in [1.807, 2.05) is 6.07 Å². The summed E-state index contributed by atoms with van der Waals surface area (Å²) >= 11 is 8.94. The first-order valence-corrected chi connectivity index (χ1v) is 4.63. The van der Waals surface area contributed by atoms with Crippen LogP contribution in [0.15, 0.2) is 10.8 Å². The molecular weight excluding hydrogens is 227 g/mol. The number of rotatable bonds is 1. The average Bonchev–Trinajstić information content (AvgIpc) is 2.64. The Morgan fingerprint density at radius 2 is 2.18 bits per heavy atom.